The van der Waals surface area contributed by atoms with Gasteiger partial charge in [0.15, 0.2) is 0 Å². The first-order valence-electron chi connectivity index (χ1n) is 7.42. The zero-order chi connectivity index (χ0) is 15.4. The molecule has 0 spiro atoms. The number of hydrogen-bond acceptors (Lipinski definition) is 3. The second-order valence-corrected chi connectivity index (χ2v) is 5.84. The van der Waals surface area contributed by atoms with Crippen molar-refractivity contribution < 1.29 is 14.3 Å². The summed E-state index contributed by atoms with van der Waals surface area (Å²) in [6.45, 7) is 2.95. The van der Waals surface area contributed by atoms with E-state index in [9.17, 15) is 14.3 Å². The maximum atomic E-state index is 13.4. The summed E-state index contributed by atoms with van der Waals surface area (Å²) < 4.78 is 13.4. The molecule has 1 amide bonds. The van der Waals surface area contributed by atoms with E-state index in [1.165, 1.54) is 12.1 Å². The summed E-state index contributed by atoms with van der Waals surface area (Å²) in [6, 6.07) is 6.35. The molecule has 21 heavy (non-hydrogen) atoms. The Morgan fingerprint density at radius 1 is 1.57 bits per heavy atom. The number of hydrogen-bond donors (Lipinski definition) is 2. The Hall–Kier alpha value is -1.46. The van der Waals surface area contributed by atoms with Gasteiger partial charge in [-0.3, -0.25) is 4.79 Å². The normalized spacial score (nSPS) is 23.3. The SMILES string of the molecule is C[C@@H]1CCN(C(=O)C[C@H](CN)CO)[C@@H]1c1cccc(F)c1. The van der Waals surface area contributed by atoms with Gasteiger partial charge in [-0.15, -0.1) is 0 Å². The molecule has 0 unspecified atom stereocenters. The molecule has 3 N–H and O–H groups in total. The molecule has 0 saturated carbocycles. The third kappa shape index (κ3) is 3.60. The molecule has 0 radical (unpaired) electrons. The van der Waals surface area contributed by atoms with E-state index in [4.69, 9.17) is 5.73 Å². The van der Waals surface area contributed by atoms with Gasteiger partial charge in [0.05, 0.1) is 6.04 Å². The van der Waals surface area contributed by atoms with E-state index in [1.54, 1.807) is 11.0 Å². The lowest BCUT2D eigenvalue weighted by atomic mass is 9.95. The van der Waals surface area contributed by atoms with Gasteiger partial charge in [-0.05, 0) is 36.6 Å². The minimum Gasteiger partial charge on any atom is -0.396 e. The second-order valence-electron chi connectivity index (χ2n) is 5.84. The predicted molar refractivity (Wildman–Crippen MR) is 78.9 cm³/mol. The number of nitrogens with two attached hydrogens (primary N) is 1. The Balaban J connectivity index is 2.16. The predicted octanol–water partition coefficient (Wildman–Crippen LogP) is 1.69. The molecule has 0 aromatic heterocycles. The molecule has 1 aliphatic rings. The maximum absolute atomic E-state index is 13.4. The minimum absolute atomic E-state index is 0.0156. The van der Waals surface area contributed by atoms with Crippen molar-refractivity contribution in [1.82, 2.24) is 4.90 Å². The molecule has 3 atom stereocenters. The molecular formula is C16H23FN2O2. The number of amides is 1. The van der Waals surface area contributed by atoms with Crippen LogP contribution in [-0.4, -0.2) is 35.6 Å². The number of rotatable bonds is 5. The molecule has 1 fully saturated rings. The van der Waals surface area contributed by atoms with Crippen molar-refractivity contribution in [2.75, 3.05) is 19.7 Å². The molecule has 116 valence electrons. The zero-order valence-corrected chi connectivity index (χ0v) is 12.3. The van der Waals surface area contributed by atoms with Crippen molar-refractivity contribution in [2.45, 2.75) is 25.8 Å². The average Bonchev–Trinajstić information content (AvgIpc) is 2.86. The summed E-state index contributed by atoms with van der Waals surface area (Å²) in [7, 11) is 0. The first kappa shape index (κ1) is 15.9. The molecular weight excluding hydrogens is 271 g/mol. The summed E-state index contributed by atoms with van der Waals surface area (Å²) in [4.78, 5) is 14.3. The molecule has 0 aliphatic carbocycles. The van der Waals surface area contributed by atoms with E-state index in [0.29, 0.717) is 12.5 Å². The van der Waals surface area contributed by atoms with Crippen molar-refractivity contribution in [3.05, 3.63) is 35.6 Å². The van der Waals surface area contributed by atoms with Gasteiger partial charge in [0, 0.05) is 25.5 Å². The maximum Gasteiger partial charge on any atom is 0.223 e. The standard InChI is InChI=1S/C16H23FN2O2/c1-11-5-6-19(15(21)7-12(9-18)10-20)16(11)13-3-2-4-14(17)8-13/h2-4,8,11-12,16,20H,5-7,9-10,18H2,1H3/t11-,12-,16+/m1/s1. The van der Waals surface area contributed by atoms with Crippen LogP contribution in [0, 0.1) is 17.7 Å². The quantitative estimate of drug-likeness (QED) is 0.868. The molecule has 1 aromatic carbocycles. The Labute approximate surface area is 124 Å². The monoisotopic (exact) mass is 294 g/mol. The number of carbonyl (C=O) groups excluding carboxylic acids is 1. The molecule has 2 rings (SSSR count). The highest BCUT2D eigenvalue weighted by Gasteiger charge is 2.35. The Kier molecular flexibility index (Phi) is 5.31. The van der Waals surface area contributed by atoms with E-state index in [2.05, 4.69) is 6.92 Å². The van der Waals surface area contributed by atoms with Crippen LogP contribution in [0.1, 0.15) is 31.4 Å². The Morgan fingerprint density at radius 2 is 2.33 bits per heavy atom. The molecule has 1 heterocycles. The number of aliphatic hydroxyl groups excluding tert-OH is 1. The van der Waals surface area contributed by atoms with Crippen molar-refractivity contribution in [1.29, 1.82) is 0 Å². The zero-order valence-electron chi connectivity index (χ0n) is 12.3. The third-order valence-corrected chi connectivity index (χ3v) is 4.27. The number of halogens is 1. The third-order valence-electron chi connectivity index (χ3n) is 4.27. The Bertz CT molecular complexity index is 491. The van der Waals surface area contributed by atoms with Crippen LogP contribution in [0.15, 0.2) is 24.3 Å². The lowest BCUT2D eigenvalue weighted by Gasteiger charge is -2.28. The van der Waals surface area contributed by atoms with Crippen LogP contribution in [0.2, 0.25) is 0 Å². The number of nitrogens with zero attached hydrogens (tertiary/aromatic N) is 1. The fraction of sp³-hybridized carbons (Fsp3) is 0.562. The van der Waals surface area contributed by atoms with Crippen molar-refractivity contribution >= 4 is 5.91 Å². The summed E-state index contributed by atoms with van der Waals surface area (Å²) in [5.41, 5.74) is 6.38. The molecule has 1 aliphatic heterocycles. The van der Waals surface area contributed by atoms with Gasteiger partial charge in [0.1, 0.15) is 5.82 Å². The largest absolute Gasteiger partial charge is 0.396 e. The number of carbonyl (C=O) groups is 1. The molecule has 4 nitrogen and oxygen atoms in total. The first-order valence-corrected chi connectivity index (χ1v) is 7.42. The highest BCUT2D eigenvalue weighted by molar-refractivity contribution is 5.77. The minimum atomic E-state index is -0.283. The van der Waals surface area contributed by atoms with E-state index >= 15 is 0 Å². The van der Waals surface area contributed by atoms with Crippen LogP contribution >= 0.6 is 0 Å². The van der Waals surface area contributed by atoms with Crippen molar-refractivity contribution in [3.8, 4) is 0 Å². The second kappa shape index (κ2) is 7.00. The number of aliphatic hydroxyl groups is 1. The van der Waals surface area contributed by atoms with E-state index < -0.39 is 0 Å². The molecule has 1 aromatic rings. The topological polar surface area (TPSA) is 66.6 Å². The van der Waals surface area contributed by atoms with Crippen molar-refractivity contribution in [2.24, 2.45) is 17.6 Å². The van der Waals surface area contributed by atoms with E-state index in [-0.39, 0.29) is 43.3 Å². The average molecular weight is 294 g/mol. The van der Waals surface area contributed by atoms with Crippen LogP contribution in [0.5, 0.6) is 0 Å². The van der Waals surface area contributed by atoms with Gasteiger partial charge in [-0.2, -0.15) is 0 Å². The fourth-order valence-corrected chi connectivity index (χ4v) is 3.01. The molecule has 1 saturated heterocycles. The summed E-state index contributed by atoms with van der Waals surface area (Å²) in [5, 5.41) is 9.19. The van der Waals surface area contributed by atoms with Crippen LogP contribution in [0.3, 0.4) is 0 Å². The fourth-order valence-electron chi connectivity index (χ4n) is 3.01. The van der Waals surface area contributed by atoms with Gasteiger partial charge >= 0.3 is 0 Å². The van der Waals surface area contributed by atoms with Gasteiger partial charge in [0.2, 0.25) is 5.91 Å². The van der Waals surface area contributed by atoms with Crippen LogP contribution < -0.4 is 5.73 Å². The number of benzene rings is 1. The van der Waals surface area contributed by atoms with Gasteiger partial charge < -0.3 is 15.7 Å². The highest BCUT2D eigenvalue weighted by Crippen LogP contribution is 2.37. The Morgan fingerprint density at radius 3 is 2.95 bits per heavy atom. The van der Waals surface area contributed by atoms with Gasteiger partial charge in [-0.1, -0.05) is 19.1 Å². The van der Waals surface area contributed by atoms with E-state index in [0.717, 1.165) is 12.0 Å². The first-order chi connectivity index (χ1) is 10.1. The highest BCUT2D eigenvalue weighted by atomic mass is 19.1. The molecule has 5 heteroatoms. The van der Waals surface area contributed by atoms with Crippen LogP contribution in [0.25, 0.3) is 0 Å². The smallest absolute Gasteiger partial charge is 0.223 e. The summed E-state index contributed by atoms with van der Waals surface area (Å²) in [5.74, 6) is -0.213. The lowest BCUT2D eigenvalue weighted by molar-refractivity contribution is -0.133. The summed E-state index contributed by atoms with van der Waals surface area (Å²) >= 11 is 0. The van der Waals surface area contributed by atoms with Gasteiger partial charge in [-0.25, -0.2) is 4.39 Å². The molecule has 0 bridgehead atoms. The van der Waals surface area contributed by atoms with E-state index in [1.807, 2.05) is 6.07 Å². The van der Waals surface area contributed by atoms with Crippen molar-refractivity contribution in [3.63, 3.8) is 0 Å². The number of likely N-dealkylation sites (tertiary alicyclic amines) is 1. The lowest BCUT2D eigenvalue weighted by Crippen LogP contribution is -2.35. The summed E-state index contributed by atoms with van der Waals surface area (Å²) in [6.07, 6.45) is 1.14. The van der Waals surface area contributed by atoms with Gasteiger partial charge in [0.25, 0.3) is 0 Å². The van der Waals surface area contributed by atoms with Crippen LogP contribution in [-0.2, 0) is 4.79 Å². The van der Waals surface area contributed by atoms with Crippen LogP contribution in [0.4, 0.5) is 4.39 Å².